The van der Waals surface area contributed by atoms with E-state index in [1.807, 2.05) is 26.0 Å². The molecule has 2 aromatic rings. The number of nitrogens with zero attached hydrogens (tertiary/aromatic N) is 2. The Kier molecular flexibility index (Phi) is 3.66. The molecule has 0 radical (unpaired) electrons. The molecule has 0 unspecified atom stereocenters. The number of hydrogen-bond donors (Lipinski definition) is 0. The molecule has 1 aromatic heterocycles. The second-order valence-electron chi connectivity index (χ2n) is 4.09. The zero-order chi connectivity index (χ0) is 14.0. The van der Waals surface area contributed by atoms with Gasteiger partial charge in [0.25, 0.3) is 0 Å². The van der Waals surface area contributed by atoms with Crippen LogP contribution >= 0.6 is 11.6 Å². The summed E-state index contributed by atoms with van der Waals surface area (Å²) in [6.07, 6.45) is 0. The van der Waals surface area contributed by atoms with E-state index < -0.39 is 4.92 Å². The normalized spacial score (nSPS) is 10.3. The third-order valence-electron chi connectivity index (χ3n) is 2.55. The van der Waals surface area contributed by atoms with Crippen molar-refractivity contribution in [1.29, 1.82) is 0 Å². The smallest absolute Gasteiger partial charge is 0.331 e. The molecule has 0 amide bonds. The maximum absolute atomic E-state index is 10.9. The van der Waals surface area contributed by atoms with Crippen LogP contribution in [0.15, 0.2) is 30.3 Å². The number of ether oxygens (including phenoxy) is 1. The van der Waals surface area contributed by atoms with E-state index >= 15 is 0 Å². The SMILES string of the molecule is Cc1ccc(C)c(Oc2nc(Cl)ccc2[N+](=O)[O-])c1. The lowest BCUT2D eigenvalue weighted by atomic mass is 10.1. The van der Waals surface area contributed by atoms with Gasteiger partial charge >= 0.3 is 11.6 Å². The Morgan fingerprint density at radius 1 is 1.26 bits per heavy atom. The summed E-state index contributed by atoms with van der Waals surface area (Å²) in [5.41, 5.74) is 1.64. The number of hydrogen-bond acceptors (Lipinski definition) is 4. The van der Waals surface area contributed by atoms with Gasteiger partial charge in [0.15, 0.2) is 0 Å². The van der Waals surface area contributed by atoms with E-state index in [1.54, 1.807) is 6.07 Å². The second-order valence-corrected chi connectivity index (χ2v) is 4.47. The van der Waals surface area contributed by atoms with Gasteiger partial charge in [0.1, 0.15) is 10.9 Å². The molecule has 1 aromatic carbocycles. The highest BCUT2D eigenvalue weighted by Gasteiger charge is 2.18. The average Bonchev–Trinajstić information content (AvgIpc) is 2.33. The summed E-state index contributed by atoms with van der Waals surface area (Å²) in [7, 11) is 0. The first-order valence-corrected chi connectivity index (χ1v) is 5.91. The van der Waals surface area contributed by atoms with Crippen LogP contribution in [0.1, 0.15) is 11.1 Å². The molecule has 0 spiro atoms. The third kappa shape index (κ3) is 3.00. The van der Waals surface area contributed by atoms with Crippen molar-refractivity contribution < 1.29 is 9.66 Å². The van der Waals surface area contributed by atoms with Crippen LogP contribution < -0.4 is 4.74 Å². The molecule has 2 rings (SSSR count). The molecule has 1 heterocycles. The maximum atomic E-state index is 10.9. The topological polar surface area (TPSA) is 65.3 Å². The van der Waals surface area contributed by atoms with Crippen molar-refractivity contribution in [3.63, 3.8) is 0 Å². The Labute approximate surface area is 115 Å². The van der Waals surface area contributed by atoms with Gasteiger partial charge in [0.05, 0.1) is 4.92 Å². The molecule has 98 valence electrons. The summed E-state index contributed by atoms with van der Waals surface area (Å²) in [5, 5.41) is 11.1. The molecule has 0 N–H and O–H groups in total. The van der Waals surface area contributed by atoms with Crippen molar-refractivity contribution in [2.24, 2.45) is 0 Å². The molecule has 0 aliphatic carbocycles. The standard InChI is InChI=1S/C13H11ClN2O3/c1-8-3-4-9(2)11(7-8)19-13-10(16(17)18)5-6-12(14)15-13/h3-7H,1-2H3. The van der Waals surface area contributed by atoms with Gasteiger partial charge in [-0.1, -0.05) is 23.7 Å². The molecule has 0 saturated carbocycles. The Morgan fingerprint density at radius 2 is 2.00 bits per heavy atom. The highest BCUT2D eigenvalue weighted by atomic mass is 35.5. The lowest BCUT2D eigenvalue weighted by molar-refractivity contribution is -0.386. The molecule has 0 fully saturated rings. The first-order valence-electron chi connectivity index (χ1n) is 5.53. The van der Waals surface area contributed by atoms with Crippen LogP contribution in [0.25, 0.3) is 0 Å². The van der Waals surface area contributed by atoms with Crippen LogP contribution in [0.4, 0.5) is 5.69 Å². The minimum atomic E-state index is -0.552. The van der Waals surface area contributed by atoms with Gasteiger partial charge in [-0.25, -0.2) is 0 Å². The van der Waals surface area contributed by atoms with Crippen LogP contribution in [0.3, 0.4) is 0 Å². The van der Waals surface area contributed by atoms with Crippen molar-refractivity contribution in [2.45, 2.75) is 13.8 Å². The number of rotatable bonds is 3. The maximum Gasteiger partial charge on any atom is 0.331 e. The van der Waals surface area contributed by atoms with E-state index in [-0.39, 0.29) is 16.7 Å². The highest BCUT2D eigenvalue weighted by Crippen LogP contribution is 2.32. The summed E-state index contributed by atoms with van der Waals surface area (Å²) in [4.78, 5) is 14.2. The average molecular weight is 279 g/mol. The van der Waals surface area contributed by atoms with Crippen LogP contribution in [0.5, 0.6) is 11.6 Å². The van der Waals surface area contributed by atoms with Gasteiger partial charge in [-0.15, -0.1) is 0 Å². The largest absolute Gasteiger partial charge is 0.433 e. The van der Waals surface area contributed by atoms with Gasteiger partial charge in [0, 0.05) is 6.07 Å². The number of nitro groups is 1. The van der Waals surface area contributed by atoms with Crippen LogP contribution in [-0.4, -0.2) is 9.91 Å². The van der Waals surface area contributed by atoms with Crippen LogP contribution in [0, 0.1) is 24.0 Å². The summed E-state index contributed by atoms with van der Waals surface area (Å²) < 4.78 is 5.53. The molecule has 19 heavy (non-hydrogen) atoms. The van der Waals surface area contributed by atoms with Gasteiger partial charge < -0.3 is 4.74 Å². The fourth-order valence-electron chi connectivity index (χ4n) is 1.55. The summed E-state index contributed by atoms with van der Waals surface area (Å²) in [5.74, 6) is 0.420. The number of halogens is 1. The van der Waals surface area contributed by atoms with Crippen LogP contribution in [0.2, 0.25) is 5.15 Å². The second kappa shape index (κ2) is 5.24. The van der Waals surface area contributed by atoms with Crippen molar-refractivity contribution >= 4 is 17.3 Å². The van der Waals surface area contributed by atoms with Crippen molar-refractivity contribution in [1.82, 2.24) is 4.98 Å². The Morgan fingerprint density at radius 3 is 2.68 bits per heavy atom. The minimum absolute atomic E-state index is 0.105. The van der Waals surface area contributed by atoms with Crippen LogP contribution in [-0.2, 0) is 0 Å². The molecule has 0 aliphatic rings. The molecule has 0 aliphatic heterocycles. The van der Waals surface area contributed by atoms with Gasteiger partial charge in [0.2, 0.25) is 0 Å². The summed E-state index contributed by atoms with van der Waals surface area (Å²) >= 11 is 5.75. The zero-order valence-electron chi connectivity index (χ0n) is 10.4. The fraction of sp³-hybridized carbons (Fsp3) is 0.154. The molecular formula is C13H11ClN2O3. The summed E-state index contributed by atoms with van der Waals surface area (Å²) in [6.45, 7) is 3.76. The monoisotopic (exact) mass is 278 g/mol. The number of aryl methyl sites for hydroxylation is 2. The Balaban J connectivity index is 2.45. The zero-order valence-corrected chi connectivity index (χ0v) is 11.1. The lowest BCUT2D eigenvalue weighted by Crippen LogP contribution is -1.97. The predicted molar refractivity (Wildman–Crippen MR) is 71.9 cm³/mol. The first kappa shape index (κ1) is 13.3. The van der Waals surface area contributed by atoms with E-state index in [0.717, 1.165) is 11.1 Å². The molecule has 0 atom stereocenters. The fourth-order valence-corrected chi connectivity index (χ4v) is 1.69. The molecule has 5 nitrogen and oxygen atoms in total. The van der Waals surface area contributed by atoms with E-state index in [2.05, 4.69) is 4.98 Å². The third-order valence-corrected chi connectivity index (χ3v) is 2.76. The summed E-state index contributed by atoms with van der Waals surface area (Å²) in [6, 6.07) is 8.23. The molecular weight excluding hydrogens is 268 g/mol. The number of pyridine rings is 1. The predicted octanol–water partition coefficient (Wildman–Crippen LogP) is 4.05. The first-order chi connectivity index (χ1) is 8.97. The van der Waals surface area contributed by atoms with Gasteiger partial charge in [-0.05, 0) is 37.1 Å². The van der Waals surface area contributed by atoms with E-state index in [4.69, 9.17) is 16.3 Å². The van der Waals surface area contributed by atoms with E-state index in [1.165, 1.54) is 12.1 Å². The lowest BCUT2D eigenvalue weighted by Gasteiger charge is -2.09. The van der Waals surface area contributed by atoms with Gasteiger partial charge in [-0.3, -0.25) is 10.1 Å². The Hall–Kier alpha value is -2.14. The van der Waals surface area contributed by atoms with Crippen molar-refractivity contribution in [3.05, 3.63) is 56.7 Å². The minimum Gasteiger partial charge on any atom is -0.433 e. The number of aromatic nitrogens is 1. The Bertz CT molecular complexity index is 644. The van der Waals surface area contributed by atoms with E-state index in [0.29, 0.717) is 5.75 Å². The number of benzene rings is 1. The molecule has 6 heteroatoms. The molecule has 0 saturated heterocycles. The van der Waals surface area contributed by atoms with Gasteiger partial charge in [-0.2, -0.15) is 4.98 Å². The van der Waals surface area contributed by atoms with E-state index in [9.17, 15) is 10.1 Å². The van der Waals surface area contributed by atoms with Crippen molar-refractivity contribution in [3.8, 4) is 11.6 Å². The highest BCUT2D eigenvalue weighted by molar-refractivity contribution is 6.29. The quantitative estimate of drug-likeness (QED) is 0.482. The molecule has 0 bridgehead atoms. The van der Waals surface area contributed by atoms with Crippen molar-refractivity contribution in [2.75, 3.05) is 0 Å².